The fourth-order valence-corrected chi connectivity index (χ4v) is 3.37. The number of rotatable bonds is 3. The molecule has 102 valence electrons. The molecule has 1 fully saturated rings. The van der Waals surface area contributed by atoms with Crippen LogP contribution in [0.3, 0.4) is 0 Å². The molecule has 3 rings (SSSR count). The van der Waals surface area contributed by atoms with Gasteiger partial charge in [-0.15, -0.1) is 11.3 Å². The zero-order chi connectivity index (χ0) is 13.2. The average molecular weight is 277 g/mol. The third-order valence-electron chi connectivity index (χ3n) is 3.57. The van der Waals surface area contributed by atoms with Crippen molar-refractivity contribution in [1.29, 1.82) is 0 Å². The fraction of sp³-hybridized carbons (Fsp3) is 0.500. The van der Waals surface area contributed by atoms with Crippen LogP contribution < -0.4 is 0 Å². The predicted molar refractivity (Wildman–Crippen MR) is 76.2 cm³/mol. The lowest BCUT2D eigenvalue weighted by Crippen LogP contribution is -2.39. The first-order chi connectivity index (χ1) is 9.24. The lowest BCUT2D eigenvalue weighted by molar-refractivity contribution is -0.0152. The summed E-state index contributed by atoms with van der Waals surface area (Å²) in [4.78, 5) is 7.04. The van der Waals surface area contributed by atoms with Gasteiger partial charge in [0.05, 0.1) is 25.8 Å². The second-order valence-corrected chi connectivity index (χ2v) is 5.93. The highest BCUT2D eigenvalue weighted by atomic mass is 32.1. The van der Waals surface area contributed by atoms with Crippen LogP contribution in [0, 0.1) is 6.92 Å². The predicted octanol–water partition coefficient (Wildman–Crippen LogP) is 2.36. The molecule has 1 aliphatic heterocycles. The van der Waals surface area contributed by atoms with Gasteiger partial charge in [-0.2, -0.15) is 0 Å². The normalized spacial score (nSPS) is 20.8. The van der Waals surface area contributed by atoms with Gasteiger partial charge in [0.25, 0.3) is 0 Å². The van der Waals surface area contributed by atoms with Crippen molar-refractivity contribution < 1.29 is 4.74 Å². The Labute approximate surface area is 117 Å². The van der Waals surface area contributed by atoms with E-state index in [1.54, 1.807) is 11.3 Å². The summed E-state index contributed by atoms with van der Waals surface area (Å²) in [6.45, 7) is 5.51. The van der Waals surface area contributed by atoms with Gasteiger partial charge in [-0.1, -0.05) is 0 Å². The molecular formula is C14H19N3OS. The van der Waals surface area contributed by atoms with Gasteiger partial charge < -0.3 is 9.30 Å². The van der Waals surface area contributed by atoms with E-state index in [1.165, 1.54) is 10.7 Å². The first-order valence-electron chi connectivity index (χ1n) is 6.58. The zero-order valence-corrected chi connectivity index (χ0v) is 12.2. The van der Waals surface area contributed by atoms with Crippen LogP contribution in [-0.4, -0.2) is 34.2 Å². The van der Waals surface area contributed by atoms with E-state index in [1.807, 2.05) is 6.92 Å². The average Bonchev–Trinajstić information content (AvgIpc) is 2.99. The summed E-state index contributed by atoms with van der Waals surface area (Å²) in [5.41, 5.74) is 2.43. The van der Waals surface area contributed by atoms with Crippen molar-refractivity contribution in [2.24, 2.45) is 7.05 Å². The highest BCUT2D eigenvalue weighted by molar-refractivity contribution is 7.09. The Morgan fingerprint density at radius 1 is 1.53 bits per heavy atom. The van der Waals surface area contributed by atoms with Gasteiger partial charge in [-0.25, -0.2) is 4.98 Å². The lowest BCUT2D eigenvalue weighted by Gasteiger charge is -2.35. The number of hydrogen-bond acceptors (Lipinski definition) is 4. The van der Waals surface area contributed by atoms with Crippen LogP contribution in [0.4, 0.5) is 0 Å². The number of aryl methyl sites for hydroxylation is 2. The molecule has 2 aromatic rings. The first-order valence-corrected chi connectivity index (χ1v) is 7.46. The van der Waals surface area contributed by atoms with Crippen LogP contribution in [0.5, 0.6) is 0 Å². The molecule has 2 aromatic heterocycles. The molecule has 1 saturated heterocycles. The van der Waals surface area contributed by atoms with Crippen LogP contribution in [0.15, 0.2) is 23.7 Å². The van der Waals surface area contributed by atoms with Crippen LogP contribution in [0.2, 0.25) is 0 Å². The van der Waals surface area contributed by atoms with Crippen LogP contribution in [0.25, 0.3) is 0 Å². The molecule has 0 saturated carbocycles. The summed E-state index contributed by atoms with van der Waals surface area (Å²) >= 11 is 1.75. The number of hydrogen-bond donors (Lipinski definition) is 0. The van der Waals surface area contributed by atoms with Gasteiger partial charge in [-0.3, -0.25) is 4.90 Å². The highest BCUT2D eigenvalue weighted by Gasteiger charge is 2.26. The molecule has 1 atom stereocenters. The fourth-order valence-electron chi connectivity index (χ4n) is 2.57. The minimum absolute atomic E-state index is 0.331. The van der Waals surface area contributed by atoms with Crippen molar-refractivity contribution in [2.45, 2.75) is 19.5 Å². The van der Waals surface area contributed by atoms with Gasteiger partial charge >= 0.3 is 0 Å². The van der Waals surface area contributed by atoms with Crippen molar-refractivity contribution in [3.8, 4) is 0 Å². The van der Waals surface area contributed by atoms with Gasteiger partial charge in [0.1, 0.15) is 5.01 Å². The minimum atomic E-state index is 0.331. The maximum atomic E-state index is 5.66. The number of nitrogens with zero attached hydrogens (tertiary/aromatic N) is 3. The Morgan fingerprint density at radius 3 is 3.11 bits per heavy atom. The molecular weight excluding hydrogens is 258 g/mol. The summed E-state index contributed by atoms with van der Waals surface area (Å²) in [6.07, 6.45) is 2.09. The Morgan fingerprint density at radius 2 is 2.42 bits per heavy atom. The highest BCUT2D eigenvalue weighted by Crippen LogP contribution is 2.26. The standard InChI is InChI=1S/C14H19N3OS/c1-11-10-19-14(15-11)8-17-6-7-18-9-13(17)12-4-3-5-16(12)2/h3-5,10,13H,6-9H2,1-2H3/t13-/m1/s1. The summed E-state index contributed by atoms with van der Waals surface area (Å²) < 4.78 is 7.84. The Bertz CT molecular complexity index is 548. The molecule has 0 spiro atoms. The van der Waals surface area contributed by atoms with Crippen LogP contribution >= 0.6 is 11.3 Å². The van der Waals surface area contributed by atoms with Crippen molar-refractivity contribution in [2.75, 3.05) is 19.8 Å². The quantitative estimate of drug-likeness (QED) is 0.863. The zero-order valence-electron chi connectivity index (χ0n) is 11.4. The van der Waals surface area contributed by atoms with E-state index in [9.17, 15) is 0 Å². The molecule has 0 N–H and O–H groups in total. The maximum Gasteiger partial charge on any atom is 0.107 e. The molecule has 19 heavy (non-hydrogen) atoms. The SMILES string of the molecule is Cc1csc(CN2CCOC[C@@H]2c2cccn2C)n1. The molecule has 3 heterocycles. The third kappa shape index (κ3) is 2.73. The van der Waals surface area contributed by atoms with Gasteiger partial charge in [0, 0.05) is 36.6 Å². The number of ether oxygens (including phenoxy) is 1. The van der Waals surface area contributed by atoms with E-state index in [0.29, 0.717) is 6.04 Å². The van der Waals surface area contributed by atoms with E-state index in [0.717, 1.165) is 32.0 Å². The second kappa shape index (κ2) is 5.45. The molecule has 0 radical (unpaired) electrons. The number of thiazole rings is 1. The largest absolute Gasteiger partial charge is 0.378 e. The van der Waals surface area contributed by atoms with Crippen molar-refractivity contribution >= 4 is 11.3 Å². The van der Waals surface area contributed by atoms with E-state index < -0.39 is 0 Å². The monoisotopic (exact) mass is 277 g/mol. The van der Waals surface area contributed by atoms with Gasteiger partial charge in [0.15, 0.2) is 0 Å². The summed E-state index contributed by atoms with van der Waals surface area (Å²) in [5.74, 6) is 0. The summed E-state index contributed by atoms with van der Waals surface area (Å²) in [6, 6.07) is 4.60. The van der Waals surface area contributed by atoms with E-state index in [-0.39, 0.29) is 0 Å². The maximum absolute atomic E-state index is 5.66. The topological polar surface area (TPSA) is 30.3 Å². The van der Waals surface area contributed by atoms with Crippen molar-refractivity contribution in [1.82, 2.24) is 14.5 Å². The number of aromatic nitrogens is 2. The summed E-state index contributed by atoms with van der Waals surface area (Å²) in [5, 5.41) is 3.31. The van der Waals surface area contributed by atoms with Gasteiger partial charge in [-0.05, 0) is 19.1 Å². The molecule has 5 heteroatoms. The Hall–Kier alpha value is -1.17. The Kier molecular flexibility index (Phi) is 3.68. The lowest BCUT2D eigenvalue weighted by atomic mass is 10.1. The number of morpholine rings is 1. The first kappa shape index (κ1) is 12.8. The minimum Gasteiger partial charge on any atom is -0.378 e. The molecule has 0 amide bonds. The molecule has 1 aliphatic rings. The van der Waals surface area contributed by atoms with Crippen LogP contribution in [0.1, 0.15) is 22.4 Å². The van der Waals surface area contributed by atoms with Crippen LogP contribution in [-0.2, 0) is 18.3 Å². The van der Waals surface area contributed by atoms with Crippen molar-refractivity contribution in [3.05, 3.63) is 40.1 Å². The third-order valence-corrected chi connectivity index (χ3v) is 4.52. The molecule has 0 aromatic carbocycles. The summed E-state index contributed by atoms with van der Waals surface area (Å²) in [7, 11) is 2.09. The van der Waals surface area contributed by atoms with Crippen molar-refractivity contribution in [3.63, 3.8) is 0 Å². The second-order valence-electron chi connectivity index (χ2n) is 4.99. The molecule has 0 aliphatic carbocycles. The van der Waals surface area contributed by atoms with E-state index in [4.69, 9.17) is 4.74 Å². The molecule has 0 bridgehead atoms. The van der Waals surface area contributed by atoms with E-state index in [2.05, 4.69) is 45.2 Å². The molecule has 4 nitrogen and oxygen atoms in total. The van der Waals surface area contributed by atoms with E-state index >= 15 is 0 Å². The smallest absolute Gasteiger partial charge is 0.107 e. The Balaban J connectivity index is 1.79. The van der Waals surface area contributed by atoms with Gasteiger partial charge in [0.2, 0.25) is 0 Å². The molecule has 0 unspecified atom stereocenters.